The van der Waals surface area contributed by atoms with Crippen LogP contribution in [0, 0.1) is 0 Å². The van der Waals surface area contributed by atoms with Crippen LogP contribution in [0.3, 0.4) is 0 Å². The summed E-state index contributed by atoms with van der Waals surface area (Å²) in [6.45, 7) is 3.14. The molecule has 0 radical (unpaired) electrons. The lowest BCUT2D eigenvalue weighted by molar-refractivity contribution is 0.252. The number of nitrogens with one attached hydrogen (secondary N) is 1. The maximum absolute atomic E-state index is 5.77. The summed E-state index contributed by atoms with van der Waals surface area (Å²) in [5.41, 5.74) is 0.128. The van der Waals surface area contributed by atoms with Crippen LogP contribution in [0.2, 0.25) is 0 Å². The Morgan fingerprint density at radius 2 is 2.00 bits per heavy atom. The van der Waals surface area contributed by atoms with E-state index in [-0.39, 0.29) is 5.41 Å². The van der Waals surface area contributed by atoms with Gasteiger partial charge in [-0.1, -0.05) is 26.2 Å². The molecule has 1 aliphatic rings. The summed E-state index contributed by atoms with van der Waals surface area (Å²) in [4.78, 5) is 0. The van der Waals surface area contributed by atoms with Gasteiger partial charge in [0, 0.05) is 18.4 Å². The second-order valence-electron chi connectivity index (χ2n) is 4.98. The molecule has 1 N–H and O–H groups in total. The fraction of sp³-hybridized carbons (Fsp3) is 0.833. The Bertz CT molecular complexity index is 329. The largest absolute Gasteiger partial charge is 0.425 e. The Balaban J connectivity index is 2.05. The quantitative estimate of drug-likeness (QED) is 0.848. The van der Waals surface area contributed by atoms with Crippen LogP contribution in [0.25, 0.3) is 0 Å². The lowest BCUT2D eigenvalue weighted by Gasteiger charge is -2.29. The summed E-state index contributed by atoms with van der Waals surface area (Å²) in [5.74, 6) is 1.61. The molecule has 4 nitrogen and oxygen atoms in total. The van der Waals surface area contributed by atoms with E-state index < -0.39 is 0 Å². The van der Waals surface area contributed by atoms with E-state index in [4.69, 9.17) is 4.42 Å². The molecule has 0 aromatic carbocycles. The Kier molecular flexibility index (Phi) is 3.59. The van der Waals surface area contributed by atoms with Gasteiger partial charge in [-0.05, 0) is 19.9 Å². The molecule has 90 valence electrons. The van der Waals surface area contributed by atoms with Crippen molar-refractivity contribution in [3.8, 4) is 0 Å². The molecule has 1 aromatic heterocycles. The first-order chi connectivity index (χ1) is 7.74. The summed E-state index contributed by atoms with van der Waals surface area (Å²) in [5, 5.41) is 11.4. The summed E-state index contributed by atoms with van der Waals surface area (Å²) < 4.78 is 5.77. The third-order valence-electron chi connectivity index (χ3n) is 3.53. The van der Waals surface area contributed by atoms with Crippen LogP contribution in [0.15, 0.2) is 4.42 Å². The monoisotopic (exact) mass is 223 g/mol. The molecule has 4 heteroatoms. The van der Waals surface area contributed by atoms with Crippen molar-refractivity contribution in [1.29, 1.82) is 0 Å². The minimum absolute atomic E-state index is 0.128. The summed E-state index contributed by atoms with van der Waals surface area (Å²) in [6.07, 6.45) is 7.09. The summed E-state index contributed by atoms with van der Waals surface area (Å²) in [6, 6.07) is 0. The van der Waals surface area contributed by atoms with Crippen LogP contribution >= 0.6 is 0 Å². The Hall–Kier alpha value is -0.900. The van der Waals surface area contributed by atoms with Gasteiger partial charge in [-0.2, -0.15) is 0 Å². The van der Waals surface area contributed by atoms with Crippen molar-refractivity contribution >= 4 is 0 Å². The van der Waals surface area contributed by atoms with Crippen molar-refractivity contribution in [2.45, 2.75) is 50.9 Å². The van der Waals surface area contributed by atoms with Gasteiger partial charge in [0.05, 0.1) is 0 Å². The van der Waals surface area contributed by atoms with Crippen LogP contribution in [-0.2, 0) is 11.8 Å². The molecule has 0 amide bonds. The first-order valence-electron chi connectivity index (χ1n) is 6.22. The van der Waals surface area contributed by atoms with Crippen LogP contribution in [-0.4, -0.2) is 23.8 Å². The van der Waals surface area contributed by atoms with Crippen LogP contribution in [0.1, 0.15) is 50.8 Å². The average Bonchev–Trinajstić information content (AvgIpc) is 2.77. The van der Waals surface area contributed by atoms with E-state index in [0.29, 0.717) is 0 Å². The Morgan fingerprint density at radius 1 is 1.25 bits per heavy atom. The molecule has 1 saturated carbocycles. The second-order valence-corrected chi connectivity index (χ2v) is 4.98. The lowest BCUT2D eigenvalue weighted by atomic mass is 9.76. The van der Waals surface area contributed by atoms with Crippen molar-refractivity contribution in [3.05, 3.63) is 11.8 Å². The van der Waals surface area contributed by atoms with Gasteiger partial charge in [0.25, 0.3) is 0 Å². The minimum Gasteiger partial charge on any atom is -0.425 e. The smallest absolute Gasteiger partial charge is 0.222 e. The van der Waals surface area contributed by atoms with Gasteiger partial charge >= 0.3 is 0 Å². The van der Waals surface area contributed by atoms with Gasteiger partial charge in [-0.3, -0.25) is 0 Å². The number of rotatable bonds is 4. The maximum Gasteiger partial charge on any atom is 0.222 e. The van der Waals surface area contributed by atoms with E-state index in [0.717, 1.165) is 24.7 Å². The molecule has 0 atom stereocenters. The summed E-state index contributed by atoms with van der Waals surface area (Å²) in [7, 11) is 1.93. The van der Waals surface area contributed by atoms with E-state index in [1.807, 2.05) is 7.05 Å². The van der Waals surface area contributed by atoms with Gasteiger partial charge in [0.2, 0.25) is 11.8 Å². The Morgan fingerprint density at radius 3 is 2.69 bits per heavy atom. The third kappa shape index (κ3) is 2.43. The van der Waals surface area contributed by atoms with E-state index in [9.17, 15) is 0 Å². The molecule has 0 aliphatic heterocycles. The fourth-order valence-electron chi connectivity index (χ4n) is 2.38. The molecule has 0 unspecified atom stereocenters. The Labute approximate surface area is 96.8 Å². The third-order valence-corrected chi connectivity index (χ3v) is 3.53. The van der Waals surface area contributed by atoms with E-state index in [1.165, 1.54) is 32.1 Å². The van der Waals surface area contributed by atoms with Gasteiger partial charge in [-0.25, -0.2) is 0 Å². The van der Waals surface area contributed by atoms with Crippen molar-refractivity contribution in [2.24, 2.45) is 0 Å². The molecule has 0 spiro atoms. The zero-order chi connectivity index (χ0) is 11.4. The summed E-state index contributed by atoms with van der Waals surface area (Å²) >= 11 is 0. The maximum atomic E-state index is 5.77. The molecule has 2 rings (SSSR count). The van der Waals surface area contributed by atoms with Gasteiger partial charge < -0.3 is 9.73 Å². The van der Waals surface area contributed by atoms with Crippen molar-refractivity contribution in [1.82, 2.24) is 15.5 Å². The van der Waals surface area contributed by atoms with Crippen molar-refractivity contribution < 1.29 is 4.42 Å². The molecule has 1 aliphatic carbocycles. The SMILES string of the molecule is CNCCc1nnc(C2(C)CCCCC2)o1. The fourth-order valence-corrected chi connectivity index (χ4v) is 2.38. The van der Waals surface area contributed by atoms with Gasteiger partial charge in [0.15, 0.2) is 0 Å². The lowest BCUT2D eigenvalue weighted by Crippen LogP contribution is -2.25. The van der Waals surface area contributed by atoms with Gasteiger partial charge in [-0.15, -0.1) is 10.2 Å². The van der Waals surface area contributed by atoms with Crippen LogP contribution < -0.4 is 5.32 Å². The normalized spacial score (nSPS) is 19.9. The highest BCUT2D eigenvalue weighted by molar-refractivity contribution is 5.03. The van der Waals surface area contributed by atoms with Crippen LogP contribution in [0.5, 0.6) is 0 Å². The number of aromatic nitrogens is 2. The zero-order valence-electron chi connectivity index (χ0n) is 10.3. The highest BCUT2D eigenvalue weighted by atomic mass is 16.4. The molecule has 0 bridgehead atoms. The number of hydrogen-bond donors (Lipinski definition) is 1. The predicted octanol–water partition coefficient (Wildman–Crippen LogP) is 2.05. The number of hydrogen-bond acceptors (Lipinski definition) is 4. The molecule has 16 heavy (non-hydrogen) atoms. The predicted molar refractivity (Wildman–Crippen MR) is 62.4 cm³/mol. The number of likely N-dealkylation sites (N-methyl/N-ethyl adjacent to an activating group) is 1. The first kappa shape index (κ1) is 11.6. The van der Waals surface area contributed by atoms with Crippen molar-refractivity contribution in [2.75, 3.05) is 13.6 Å². The van der Waals surface area contributed by atoms with Crippen LogP contribution in [0.4, 0.5) is 0 Å². The van der Waals surface area contributed by atoms with E-state index in [1.54, 1.807) is 0 Å². The van der Waals surface area contributed by atoms with Gasteiger partial charge in [0.1, 0.15) is 0 Å². The highest BCUT2D eigenvalue weighted by Crippen LogP contribution is 2.38. The first-order valence-corrected chi connectivity index (χ1v) is 6.22. The molecule has 1 heterocycles. The molecule has 1 fully saturated rings. The standard InChI is InChI=1S/C12H21N3O/c1-12(7-4-3-5-8-12)11-15-14-10(16-11)6-9-13-2/h13H,3-9H2,1-2H3. The van der Waals surface area contributed by atoms with Crippen molar-refractivity contribution in [3.63, 3.8) is 0 Å². The zero-order valence-corrected chi connectivity index (χ0v) is 10.3. The highest BCUT2D eigenvalue weighted by Gasteiger charge is 2.33. The molecular weight excluding hydrogens is 202 g/mol. The average molecular weight is 223 g/mol. The van der Waals surface area contributed by atoms with E-state index >= 15 is 0 Å². The minimum atomic E-state index is 0.128. The molecular formula is C12H21N3O. The molecule has 0 saturated heterocycles. The molecule has 1 aromatic rings. The van der Waals surface area contributed by atoms with E-state index in [2.05, 4.69) is 22.4 Å². The topological polar surface area (TPSA) is 51.0 Å². The second kappa shape index (κ2) is 4.95. The number of nitrogens with zero attached hydrogens (tertiary/aromatic N) is 2.